The van der Waals surface area contributed by atoms with Gasteiger partial charge in [-0.1, -0.05) is 12.1 Å². The molecular formula is C12H12BNO6. The monoisotopic (exact) mass is 277 g/mol. The summed E-state index contributed by atoms with van der Waals surface area (Å²) in [5.74, 6) is -2.22. The molecule has 7 nitrogen and oxygen atoms in total. The lowest BCUT2D eigenvalue weighted by molar-refractivity contribution is -0.145. The van der Waals surface area contributed by atoms with Crippen molar-refractivity contribution in [3.63, 3.8) is 0 Å². The molecule has 1 aliphatic rings. The first-order chi connectivity index (χ1) is 9.45. The van der Waals surface area contributed by atoms with Gasteiger partial charge in [0.25, 0.3) is 0 Å². The standard InChI is InChI=1S/C12H12BNO6/c1-14-6-10(15)19-13(20-11(16)7-14)9-4-2-3-8(5-9)12(17)18/h2-5H,6-7H2,1H3,(H,17,18). The lowest BCUT2D eigenvalue weighted by Gasteiger charge is -2.22. The average molecular weight is 277 g/mol. The molecule has 1 aliphatic heterocycles. The van der Waals surface area contributed by atoms with Gasteiger partial charge in [0.2, 0.25) is 0 Å². The third-order valence-electron chi connectivity index (χ3n) is 2.68. The smallest absolute Gasteiger partial charge is 0.494 e. The molecule has 0 bridgehead atoms. The quantitative estimate of drug-likeness (QED) is 0.701. The van der Waals surface area contributed by atoms with Crippen LogP contribution < -0.4 is 5.46 Å². The predicted octanol–water partition coefficient (Wildman–Crippen LogP) is -0.888. The van der Waals surface area contributed by atoms with Gasteiger partial charge in [0.15, 0.2) is 0 Å². The van der Waals surface area contributed by atoms with Crippen LogP contribution in [0.2, 0.25) is 0 Å². The normalized spacial score (nSPS) is 16.9. The van der Waals surface area contributed by atoms with Gasteiger partial charge in [-0.25, -0.2) is 4.79 Å². The van der Waals surface area contributed by atoms with Crippen molar-refractivity contribution >= 4 is 30.5 Å². The number of carbonyl (C=O) groups excluding carboxylic acids is 2. The number of nitrogens with zero attached hydrogens (tertiary/aromatic N) is 1. The first-order valence-corrected chi connectivity index (χ1v) is 5.86. The Morgan fingerprint density at radius 1 is 1.25 bits per heavy atom. The van der Waals surface area contributed by atoms with Gasteiger partial charge in [-0.15, -0.1) is 0 Å². The van der Waals surface area contributed by atoms with E-state index in [-0.39, 0.29) is 18.7 Å². The van der Waals surface area contributed by atoms with Gasteiger partial charge in [-0.3, -0.25) is 14.5 Å². The molecule has 0 spiro atoms. The van der Waals surface area contributed by atoms with Crippen molar-refractivity contribution in [3.05, 3.63) is 29.8 Å². The van der Waals surface area contributed by atoms with E-state index < -0.39 is 25.0 Å². The Morgan fingerprint density at radius 2 is 1.85 bits per heavy atom. The Kier molecular flexibility index (Phi) is 4.04. The average Bonchev–Trinajstić information content (AvgIpc) is 2.36. The van der Waals surface area contributed by atoms with Crippen molar-refractivity contribution in [2.45, 2.75) is 0 Å². The lowest BCUT2D eigenvalue weighted by Crippen LogP contribution is -2.47. The van der Waals surface area contributed by atoms with E-state index in [4.69, 9.17) is 14.4 Å². The summed E-state index contributed by atoms with van der Waals surface area (Å²) in [6, 6.07) is 5.72. The molecule has 0 aromatic heterocycles. The number of benzene rings is 1. The molecule has 20 heavy (non-hydrogen) atoms. The Hall–Kier alpha value is -2.35. The fourth-order valence-corrected chi connectivity index (χ4v) is 1.79. The van der Waals surface area contributed by atoms with Gasteiger partial charge < -0.3 is 14.4 Å². The molecule has 104 valence electrons. The molecule has 0 aliphatic carbocycles. The number of hydrogen-bond donors (Lipinski definition) is 1. The second-order valence-electron chi connectivity index (χ2n) is 4.41. The zero-order valence-corrected chi connectivity index (χ0v) is 10.7. The Balaban J connectivity index is 2.25. The number of hydrogen-bond acceptors (Lipinski definition) is 6. The predicted molar refractivity (Wildman–Crippen MR) is 68.5 cm³/mol. The summed E-state index contributed by atoms with van der Waals surface area (Å²) in [7, 11) is 0.372. The lowest BCUT2D eigenvalue weighted by atomic mass is 9.78. The number of rotatable bonds is 2. The second-order valence-corrected chi connectivity index (χ2v) is 4.41. The fourth-order valence-electron chi connectivity index (χ4n) is 1.79. The number of carboxylic acids is 1. The van der Waals surface area contributed by atoms with Gasteiger partial charge in [0, 0.05) is 5.46 Å². The van der Waals surface area contributed by atoms with Crippen LogP contribution >= 0.6 is 0 Å². The van der Waals surface area contributed by atoms with E-state index in [1.54, 1.807) is 7.05 Å². The van der Waals surface area contributed by atoms with Crippen LogP contribution in [-0.2, 0) is 18.9 Å². The van der Waals surface area contributed by atoms with E-state index in [0.29, 0.717) is 5.46 Å². The summed E-state index contributed by atoms with van der Waals surface area (Å²) in [5, 5.41) is 8.92. The van der Waals surface area contributed by atoms with Gasteiger partial charge in [0.05, 0.1) is 18.7 Å². The van der Waals surface area contributed by atoms with Gasteiger partial charge in [-0.05, 0) is 19.2 Å². The molecule has 1 N–H and O–H groups in total. The molecule has 0 radical (unpaired) electrons. The molecule has 1 aromatic rings. The van der Waals surface area contributed by atoms with Crippen LogP contribution in [0.4, 0.5) is 0 Å². The van der Waals surface area contributed by atoms with Crippen LogP contribution in [0.25, 0.3) is 0 Å². The maximum Gasteiger partial charge on any atom is 0.636 e. The summed E-state index contributed by atoms with van der Waals surface area (Å²) >= 11 is 0. The van der Waals surface area contributed by atoms with Crippen LogP contribution in [0.5, 0.6) is 0 Å². The fraction of sp³-hybridized carbons (Fsp3) is 0.250. The summed E-state index contributed by atoms with van der Waals surface area (Å²) in [4.78, 5) is 35.5. The molecule has 1 aromatic carbocycles. The summed E-state index contributed by atoms with van der Waals surface area (Å²) in [5.41, 5.74) is 0.324. The summed E-state index contributed by atoms with van der Waals surface area (Å²) < 4.78 is 10.1. The Morgan fingerprint density at radius 3 is 2.40 bits per heavy atom. The number of likely N-dealkylation sites (N-methyl/N-ethyl adjacent to an activating group) is 1. The van der Waals surface area contributed by atoms with Gasteiger partial charge in [0.1, 0.15) is 0 Å². The van der Waals surface area contributed by atoms with Crippen LogP contribution in [0.15, 0.2) is 24.3 Å². The molecule has 1 heterocycles. The van der Waals surface area contributed by atoms with Crippen molar-refractivity contribution in [2.24, 2.45) is 0 Å². The molecule has 0 amide bonds. The molecular weight excluding hydrogens is 265 g/mol. The molecule has 1 fully saturated rings. The highest BCUT2D eigenvalue weighted by Crippen LogP contribution is 2.03. The van der Waals surface area contributed by atoms with Crippen molar-refractivity contribution in [2.75, 3.05) is 20.1 Å². The summed E-state index contributed by atoms with van der Waals surface area (Å²) in [6.45, 7) is -0.0750. The van der Waals surface area contributed by atoms with E-state index in [1.807, 2.05) is 0 Å². The topological polar surface area (TPSA) is 93.1 Å². The third kappa shape index (κ3) is 3.36. The van der Waals surface area contributed by atoms with E-state index in [9.17, 15) is 14.4 Å². The second kappa shape index (κ2) is 5.75. The Bertz CT molecular complexity index is 541. The van der Waals surface area contributed by atoms with Crippen LogP contribution in [-0.4, -0.2) is 55.2 Å². The van der Waals surface area contributed by atoms with Crippen LogP contribution in [0.3, 0.4) is 0 Å². The van der Waals surface area contributed by atoms with Crippen LogP contribution in [0, 0.1) is 0 Å². The summed E-state index contributed by atoms with van der Waals surface area (Å²) in [6.07, 6.45) is 0. The maximum absolute atomic E-state index is 11.6. The van der Waals surface area contributed by atoms with E-state index >= 15 is 0 Å². The van der Waals surface area contributed by atoms with Crippen molar-refractivity contribution < 1.29 is 28.8 Å². The highest BCUT2D eigenvalue weighted by molar-refractivity contribution is 6.64. The van der Waals surface area contributed by atoms with E-state index in [0.717, 1.165) is 0 Å². The van der Waals surface area contributed by atoms with Crippen molar-refractivity contribution in [1.29, 1.82) is 0 Å². The highest BCUT2D eigenvalue weighted by Gasteiger charge is 2.34. The van der Waals surface area contributed by atoms with Crippen molar-refractivity contribution in [1.82, 2.24) is 4.90 Å². The third-order valence-corrected chi connectivity index (χ3v) is 2.68. The number of carboxylic acid groups (broad SMARTS) is 1. The molecule has 0 saturated carbocycles. The van der Waals surface area contributed by atoms with Gasteiger partial charge in [-0.2, -0.15) is 0 Å². The molecule has 2 rings (SSSR count). The minimum atomic E-state index is -1.22. The zero-order valence-electron chi connectivity index (χ0n) is 10.7. The molecule has 0 atom stereocenters. The largest absolute Gasteiger partial charge is 0.636 e. The molecule has 8 heteroatoms. The number of carbonyl (C=O) groups is 3. The van der Waals surface area contributed by atoms with Crippen molar-refractivity contribution in [3.8, 4) is 0 Å². The number of aromatic carboxylic acids is 1. The SMILES string of the molecule is CN1CC(=O)OB(c2cccc(C(=O)O)c2)OC(=O)C1. The maximum atomic E-state index is 11.6. The van der Waals surface area contributed by atoms with E-state index in [2.05, 4.69) is 0 Å². The van der Waals surface area contributed by atoms with Gasteiger partial charge >= 0.3 is 25.0 Å². The highest BCUT2D eigenvalue weighted by atomic mass is 16.6. The zero-order chi connectivity index (χ0) is 14.7. The first-order valence-electron chi connectivity index (χ1n) is 5.86. The molecule has 1 saturated heterocycles. The Labute approximate surface area is 115 Å². The minimum Gasteiger partial charge on any atom is -0.494 e. The van der Waals surface area contributed by atoms with E-state index in [1.165, 1.54) is 29.2 Å². The van der Waals surface area contributed by atoms with Crippen LogP contribution in [0.1, 0.15) is 10.4 Å². The first kappa shape index (κ1) is 14.1. The minimum absolute atomic E-state index is 0.0220. The molecule has 0 unspecified atom stereocenters.